The number of rotatable bonds is 2. The third kappa shape index (κ3) is 2.92. The Kier molecular flexibility index (Phi) is 3.09. The fourth-order valence-electron chi connectivity index (χ4n) is 0.950. The molecule has 2 N–H and O–H groups in total. The summed E-state index contributed by atoms with van der Waals surface area (Å²) < 4.78 is 0. The molecule has 1 amide bonds. The number of carbonyl (C=O) groups excluding carboxylic acids is 1. The van der Waals surface area contributed by atoms with Crippen LogP contribution in [0.4, 0.5) is 0 Å². The predicted molar refractivity (Wildman–Crippen MR) is 54.4 cm³/mol. The van der Waals surface area contributed by atoms with Crippen molar-refractivity contribution in [3.63, 3.8) is 0 Å². The lowest BCUT2D eigenvalue weighted by Crippen LogP contribution is -2.05. The first-order valence-electron chi connectivity index (χ1n) is 3.83. The van der Waals surface area contributed by atoms with Gasteiger partial charge in [0.05, 0.1) is 0 Å². The third-order valence-corrected chi connectivity index (χ3v) is 2.05. The molecular formula is C10H10ClNO. The average Bonchev–Trinajstić information content (AvgIpc) is 2.07. The summed E-state index contributed by atoms with van der Waals surface area (Å²) in [6, 6.07) is 5.51. The first-order valence-corrected chi connectivity index (χ1v) is 4.21. The monoisotopic (exact) mass is 195 g/mol. The van der Waals surface area contributed by atoms with E-state index in [4.69, 9.17) is 17.3 Å². The average molecular weight is 196 g/mol. The fourth-order valence-corrected chi connectivity index (χ4v) is 1.07. The van der Waals surface area contributed by atoms with Crippen LogP contribution in [-0.4, -0.2) is 5.91 Å². The van der Waals surface area contributed by atoms with Crippen molar-refractivity contribution >= 4 is 23.6 Å². The lowest BCUT2D eigenvalue weighted by atomic mass is 10.1. The summed E-state index contributed by atoms with van der Waals surface area (Å²) in [5, 5.41) is 0.719. The van der Waals surface area contributed by atoms with Gasteiger partial charge in [-0.3, -0.25) is 4.79 Å². The lowest BCUT2D eigenvalue weighted by molar-refractivity contribution is -0.113. The van der Waals surface area contributed by atoms with Crippen molar-refractivity contribution in [1.29, 1.82) is 0 Å². The number of aryl methyl sites for hydroxylation is 1. The summed E-state index contributed by atoms with van der Waals surface area (Å²) in [6.45, 7) is 1.91. The maximum absolute atomic E-state index is 10.4. The van der Waals surface area contributed by atoms with Gasteiger partial charge in [0, 0.05) is 11.1 Å². The van der Waals surface area contributed by atoms with E-state index < -0.39 is 5.91 Å². The van der Waals surface area contributed by atoms with Crippen LogP contribution < -0.4 is 5.73 Å². The highest BCUT2D eigenvalue weighted by Crippen LogP contribution is 2.16. The standard InChI is InChI=1S/C10H10ClNO/c1-7-6-8(2-4-9(7)11)3-5-10(12)13/h2-6H,1H3,(H2,12,13)/b5-3+. The summed E-state index contributed by atoms with van der Waals surface area (Å²) >= 11 is 5.83. The van der Waals surface area contributed by atoms with E-state index in [1.54, 1.807) is 12.1 Å². The van der Waals surface area contributed by atoms with Crippen LogP contribution in [0.5, 0.6) is 0 Å². The molecule has 1 aromatic carbocycles. The molecule has 1 rings (SSSR count). The smallest absolute Gasteiger partial charge is 0.241 e. The minimum absolute atomic E-state index is 0.451. The zero-order valence-corrected chi connectivity index (χ0v) is 8.01. The molecule has 0 heterocycles. The molecule has 0 aromatic heterocycles. The van der Waals surface area contributed by atoms with E-state index in [1.807, 2.05) is 19.1 Å². The Bertz CT molecular complexity index is 358. The highest BCUT2D eigenvalue weighted by atomic mass is 35.5. The number of carbonyl (C=O) groups is 1. The second-order valence-corrected chi connectivity index (χ2v) is 3.15. The van der Waals surface area contributed by atoms with Gasteiger partial charge >= 0.3 is 0 Å². The molecule has 0 spiro atoms. The van der Waals surface area contributed by atoms with Crippen molar-refractivity contribution in [1.82, 2.24) is 0 Å². The van der Waals surface area contributed by atoms with E-state index in [-0.39, 0.29) is 0 Å². The minimum atomic E-state index is -0.451. The lowest BCUT2D eigenvalue weighted by Gasteiger charge is -1.98. The molecule has 1 aromatic rings. The van der Waals surface area contributed by atoms with Crippen LogP contribution in [0.25, 0.3) is 6.08 Å². The number of primary amides is 1. The van der Waals surface area contributed by atoms with Crippen LogP contribution in [0.15, 0.2) is 24.3 Å². The molecule has 68 valence electrons. The normalized spacial score (nSPS) is 10.6. The summed E-state index contributed by atoms with van der Waals surface area (Å²) in [6.07, 6.45) is 2.98. The van der Waals surface area contributed by atoms with Crippen molar-refractivity contribution in [3.05, 3.63) is 40.4 Å². The molecule has 0 fully saturated rings. The molecule has 0 atom stereocenters. The first-order chi connectivity index (χ1) is 6.09. The minimum Gasteiger partial charge on any atom is -0.366 e. The predicted octanol–water partition coefficient (Wildman–Crippen LogP) is 2.15. The molecule has 0 saturated heterocycles. The van der Waals surface area contributed by atoms with Gasteiger partial charge in [-0.2, -0.15) is 0 Å². The van der Waals surface area contributed by atoms with Gasteiger partial charge in [-0.1, -0.05) is 23.7 Å². The quantitative estimate of drug-likeness (QED) is 0.722. The number of hydrogen-bond donors (Lipinski definition) is 1. The van der Waals surface area contributed by atoms with Crippen molar-refractivity contribution in [3.8, 4) is 0 Å². The van der Waals surface area contributed by atoms with Crippen LogP contribution in [0.3, 0.4) is 0 Å². The number of amides is 1. The Hall–Kier alpha value is -1.28. The zero-order valence-electron chi connectivity index (χ0n) is 7.25. The van der Waals surface area contributed by atoms with Crippen LogP contribution in [0, 0.1) is 6.92 Å². The Morgan fingerprint density at radius 2 is 2.23 bits per heavy atom. The van der Waals surface area contributed by atoms with E-state index in [9.17, 15) is 4.79 Å². The highest BCUT2D eigenvalue weighted by molar-refractivity contribution is 6.31. The van der Waals surface area contributed by atoms with Gasteiger partial charge in [0.15, 0.2) is 0 Å². The topological polar surface area (TPSA) is 43.1 Å². The fraction of sp³-hybridized carbons (Fsp3) is 0.100. The van der Waals surface area contributed by atoms with Gasteiger partial charge in [-0.25, -0.2) is 0 Å². The number of hydrogen-bond acceptors (Lipinski definition) is 1. The second-order valence-electron chi connectivity index (χ2n) is 2.74. The van der Waals surface area contributed by atoms with E-state index in [2.05, 4.69) is 0 Å². The van der Waals surface area contributed by atoms with Crippen molar-refractivity contribution in [2.24, 2.45) is 5.73 Å². The molecule has 2 nitrogen and oxygen atoms in total. The van der Waals surface area contributed by atoms with E-state index in [0.717, 1.165) is 16.1 Å². The van der Waals surface area contributed by atoms with Crippen molar-refractivity contribution in [2.75, 3.05) is 0 Å². The highest BCUT2D eigenvalue weighted by Gasteiger charge is 1.94. The van der Waals surface area contributed by atoms with Gasteiger partial charge in [-0.15, -0.1) is 0 Å². The van der Waals surface area contributed by atoms with Crippen LogP contribution in [0.2, 0.25) is 5.02 Å². The van der Waals surface area contributed by atoms with Gasteiger partial charge in [-0.05, 0) is 30.2 Å². The second kappa shape index (κ2) is 4.10. The van der Waals surface area contributed by atoms with E-state index in [0.29, 0.717) is 0 Å². The third-order valence-electron chi connectivity index (χ3n) is 1.62. The summed E-state index contributed by atoms with van der Waals surface area (Å²) in [5.41, 5.74) is 6.85. The number of benzene rings is 1. The molecule has 0 unspecified atom stereocenters. The Morgan fingerprint density at radius 3 is 2.77 bits per heavy atom. The SMILES string of the molecule is Cc1cc(/C=C/C(N)=O)ccc1Cl. The summed E-state index contributed by atoms with van der Waals surface area (Å²) in [4.78, 5) is 10.4. The molecule has 0 saturated carbocycles. The van der Waals surface area contributed by atoms with Crippen molar-refractivity contribution in [2.45, 2.75) is 6.92 Å². The molecule has 0 bridgehead atoms. The van der Waals surface area contributed by atoms with E-state index >= 15 is 0 Å². The molecular weight excluding hydrogens is 186 g/mol. The molecule has 0 aliphatic carbocycles. The van der Waals surface area contributed by atoms with E-state index in [1.165, 1.54) is 6.08 Å². The van der Waals surface area contributed by atoms with Crippen molar-refractivity contribution < 1.29 is 4.79 Å². The molecule has 0 aliphatic rings. The molecule has 13 heavy (non-hydrogen) atoms. The number of halogens is 1. The molecule has 0 radical (unpaired) electrons. The van der Waals surface area contributed by atoms with Gasteiger partial charge in [0.2, 0.25) is 5.91 Å². The van der Waals surface area contributed by atoms with Gasteiger partial charge in [0.25, 0.3) is 0 Å². The first kappa shape index (κ1) is 9.81. The summed E-state index contributed by atoms with van der Waals surface area (Å²) in [7, 11) is 0. The van der Waals surface area contributed by atoms with Crippen LogP contribution in [0.1, 0.15) is 11.1 Å². The van der Waals surface area contributed by atoms with Crippen LogP contribution >= 0.6 is 11.6 Å². The summed E-state index contributed by atoms with van der Waals surface area (Å²) in [5.74, 6) is -0.451. The molecule has 0 aliphatic heterocycles. The largest absolute Gasteiger partial charge is 0.366 e. The number of nitrogens with two attached hydrogens (primary N) is 1. The maximum atomic E-state index is 10.4. The molecule has 3 heteroatoms. The Morgan fingerprint density at radius 1 is 1.54 bits per heavy atom. The Balaban J connectivity index is 2.92. The zero-order chi connectivity index (χ0) is 9.84. The van der Waals surface area contributed by atoms with Gasteiger partial charge < -0.3 is 5.73 Å². The Labute approximate surface area is 82.0 Å². The van der Waals surface area contributed by atoms with Gasteiger partial charge in [0.1, 0.15) is 0 Å². The van der Waals surface area contributed by atoms with Crippen LogP contribution in [-0.2, 0) is 4.79 Å². The maximum Gasteiger partial charge on any atom is 0.241 e.